The fourth-order valence-corrected chi connectivity index (χ4v) is 3.09. The fourth-order valence-electron chi connectivity index (χ4n) is 3.09. The monoisotopic (exact) mass is 301 g/mol. The van der Waals surface area contributed by atoms with E-state index in [1.165, 1.54) is 0 Å². The highest BCUT2D eigenvalue weighted by molar-refractivity contribution is 5.79. The Labute approximate surface area is 131 Å². The molecule has 2 aliphatic rings. The molecule has 0 N–H and O–H groups in total. The van der Waals surface area contributed by atoms with Crippen molar-refractivity contribution < 1.29 is 14.3 Å². The first-order chi connectivity index (χ1) is 10.8. The van der Waals surface area contributed by atoms with Gasteiger partial charge in [-0.25, -0.2) is 0 Å². The van der Waals surface area contributed by atoms with E-state index in [2.05, 4.69) is 12.2 Å². The van der Waals surface area contributed by atoms with Gasteiger partial charge < -0.3 is 14.4 Å². The van der Waals surface area contributed by atoms with Gasteiger partial charge in [0, 0.05) is 24.6 Å². The summed E-state index contributed by atoms with van der Waals surface area (Å²) in [6.07, 6.45) is 7.12. The summed E-state index contributed by atoms with van der Waals surface area (Å²) < 4.78 is 11.4. The molecule has 1 aliphatic carbocycles. The van der Waals surface area contributed by atoms with Crippen LogP contribution >= 0.6 is 0 Å². The Bertz CT molecular complexity index is 567. The lowest BCUT2D eigenvalue weighted by Crippen LogP contribution is -2.36. The fraction of sp³-hybridized carbons (Fsp3) is 0.500. The second-order valence-corrected chi connectivity index (χ2v) is 5.78. The van der Waals surface area contributed by atoms with E-state index in [1.54, 1.807) is 0 Å². The SMILES string of the molecule is CCN(Cc1cccc2c1OCCO2)C(=O)[C@@H]1CC=CCC1. The average molecular weight is 301 g/mol. The van der Waals surface area contributed by atoms with Crippen LogP contribution in [0.2, 0.25) is 0 Å². The topological polar surface area (TPSA) is 38.8 Å². The van der Waals surface area contributed by atoms with E-state index < -0.39 is 0 Å². The van der Waals surface area contributed by atoms with Crippen LogP contribution in [0.4, 0.5) is 0 Å². The van der Waals surface area contributed by atoms with Gasteiger partial charge in [-0.3, -0.25) is 4.79 Å². The summed E-state index contributed by atoms with van der Waals surface area (Å²) >= 11 is 0. The molecule has 0 spiro atoms. The Morgan fingerprint density at radius 3 is 2.91 bits per heavy atom. The van der Waals surface area contributed by atoms with Crippen molar-refractivity contribution >= 4 is 5.91 Å². The van der Waals surface area contributed by atoms with Crippen LogP contribution in [0.1, 0.15) is 31.7 Å². The summed E-state index contributed by atoms with van der Waals surface area (Å²) in [5.74, 6) is 1.96. The van der Waals surface area contributed by atoms with Crippen molar-refractivity contribution in [1.29, 1.82) is 0 Å². The molecule has 3 rings (SSSR count). The average Bonchev–Trinajstić information content (AvgIpc) is 2.60. The Hall–Kier alpha value is -1.97. The third-order valence-electron chi connectivity index (χ3n) is 4.32. The summed E-state index contributed by atoms with van der Waals surface area (Å²) in [4.78, 5) is 14.6. The maximum absolute atomic E-state index is 12.7. The summed E-state index contributed by atoms with van der Waals surface area (Å²) in [5.41, 5.74) is 1.03. The van der Waals surface area contributed by atoms with Crippen molar-refractivity contribution in [3.05, 3.63) is 35.9 Å². The molecule has 0 aromatic heterocycles. The van der Waals surface area contributed by atoms with Crippen LogP contribution < -0.4 is 9.47 Å². The Morgan fingerprint density at radius 1 is 1.27 bits per heavy atom. The molecular formula is C18H23NO3. The zero-order chi connectivity index (χ0) is 15.4. The van der Waals surface area contributed by atoms with Gasteiger partial charge in [-0.2, -0.15) is 0 Å². The van der Waals surface area contributed by atoms with Crippen LogP contribution in [-0.4, -0.2) is 30.6 Å². The predicted molar refractivity (Wildman–Crippen MR) is 85.0 cm³/mol. The zero-order valence-corrected chi connectivity index (χ0v) is 13.1. The van der Waals surface area contributed by atoms with Crippen molar-refractivity contribution in [2.24, 2.45) is 5.92 Å². The highest BCUT2D eigenvalue weighted by Crippen LogP contribution is 2.34. The maximum Gasteiger partial charge on any atom is 0.226 e. The molecule has 118 valence electrons. The van der Waals surface area contributed by atoms with Crippen molar-refractivity contribution in [2.45, 2.75) is 32.7 Å². The number of hydrogen-bond donors (Lipinski definition) is 0. The molecule has 0 radical (unpaired) electrons. The van der Waals surface area contributed by atoms with E-state index in [-0.39, 0.29) is 11.8 Å². The first-order valence-electron chi connectivity index (χ1n) is 8.11. The van der Waals surface area contributed by atoms with Gasteiger partial charge in [0.2, 0.25) is 5.91 Å². The highest BCUT2D eigenvalue weighted by Gasteiger charge is 2.25. The number of rotatable bonds is 4. The van der Waals surface area contributed by atoms with Crippen LogP contribution in [0.25, 0.3) is 0 Å². The van der Waals surface area contributed by atoms with Gasteiger partial charge in [0.25, 0.3) is 0 Å². The molecule has 4 nitrogen and oxygen atoms in total. The zero-order valence-electron chi connectivity index (χ0n) is 13.1. The molecule has 0 saturated carbocycles. The van der Waals surface area contributed by atoms with E-state index >= 15 is 0 Å². The number of allylic oxidation sites excluding steroid dienone is 2. The molecule has 0 unspecified atom stereocenters. The molecule has 22 heavy (non-hydrogen) atoms. The molecule has 0 saturated heterocycles. The molecule has 1 aromatic carbocycles. The van der Waals surface area contributed by atoms with Crippen LogP contribution in [0.5, 0.6) is 11.5 Å². The number of nitrogens with zero attached hydrogens (tertiary/aromatic N) is 1. The molecule has 0 fully saturated rings. The van der Waals surface area contributed by atoms with Gasteiger partial charge in [-0.05, 0) is 32.3 Å². The lowest BCUT2D eigenvalue weighted by atomic mass is 9.93. The van der Waals surface area contributed by atoms with Crippen molar-refractivity contribution in [2.75, 3.05) is 19.8 Å². The quantitative estimate of drug-likeness (QED) is 0.802. The minimum absolute atomic E-state index is 0.127. The van der Waals surface area contributed by atoms with Gasteiger partial charge in [0.05, 0.1) is 0 Å². The van der Waals surface area contributed by atoms with E-state index in [4.69, 9.17) is 9.47 Å². The van der Waals surface area contributed by atoms with E-state index in [0.29, 0.717) is 26.3 Å². The van der Waals surface area contributed by atoms with Gasteiger partial charge in [-0.1, -0.05) is 24.3 Å². The first kappa shape index (κ1) is 14.9. The number of para-hydroxylation sites is 1. The lowest BCUT2D eigenvalue weighted by molar-refractivity contribution is -0.136. The predicted octanol–water partition coefficient (Wildman–Crippen LogP) is 3.16. The summed E-state index contributed by atoms with van der Waals surface area (Å²) in [7, 11) is 0. The molecular weight excluding hydrogens is 278 g/mol. The maximum atomic E-state index is 12.7. The lowest BCUT2D eigenvalue weighted by Gasteiger charge is -2.28. The van der Waals surface area contributed by atoms with Crippen LogP contribution in [0, 0.1) is 5.92 Å². The molecule has 1 heterocycles. The number of benzene rings is 1. The number of ether oxygens (including phenoxy) is 2. The summed E-state index contributed by atoms with van der Waals surface area (Å²) in [6.45, 7) is 4.48. The second kappa shape index (κ2) is 6.86. The second-order valence-electron chi connectivity index (χ2n) is 5.78. The first-order valence-corrected chi connectivity index (χ1v) is 8.11. The summed E-state index contributed by atoms with van der Waals surface area (Å²) in [5, 5.41) is 0. The standard InChI is InChI=1S/C18H23NO3/c1-2-19(18(20)14-7-4-3-5-8-14)13-15-9-6-10-16-17(15)22-12-11-21-16/h3-4,6,9-10,14H,2,5,7-8,11-13H2,1H3/t14-/m1/s1. The highest BCUT2D eigenvalue weighted by atomic mass is 16.6. The van der Waals surface area contributed by atoms with Crippen molar-refractivity contribution in [3.63, 3.8) is 0 Å². The van der Waals surface area contributed by atoms with Crippen LogP contribution in [0.15, 0.2) is 30.4 Å². The van der Waals surface area contributed by atoms with E-state index in [9.17, 15) is 4.79 Å². The molecule has 0 bridgehead atoms. The number of fused-ring (bicyclic) bond motifs is 1. The molecule has 1 amide bonds. The molecule has 1 atom stereocenters. The number of carbonyl (C=O) groups is 1. The van der Waals surface area contributed by atoms with Crippen LogP contribution in [-0.2, 0) is 11.3 Å². The van der Waals surface area contributed by atoms with E-state index in [1.807, 2.05) is 30.0 Å². The smallest absolute Gasteiger partial charge is 0.226 e. The minimum atomic E-state index is 0.127. The van der Waals surface area contributed by atoms with Crippen molar-refractivity contribution in [1.82, 2.24) is 4.90 Å². The third-order valence-corrected chi connectivity index (χ3v) is 4.32. The summed E-state index contributed by atoms with van der Waals surface area (Å²) in [6, 6.07) is 5.90. The normalized spacial score (nSPS) is 19.8. The van der Waals surface area contributed by atoms with E-state index in [0.717, 1.165) is 36.3 Å². The number of hydrogen-bond acceptors (Lipinski definition) is 3. The minimum Gasteiger partial charge on any atom is -0.486 e. The Kier molecular flexibility index (Phi) is 4.66. The van der Waals surface area contributed by atoms with Gasteiger partial charge in [0.15, 0.2) is 11.5 Å². The van der Waals surface area contributed by atoms with Crippen molar-refractivity contribution in [3.8, 4) is 11.5 Å². The van der Waals surface area contributed by atoms with Crippen LogP contribution in [0.3, 0.4) is 0 Å². The molecule has 1 aliphatic heterocycles. The third kappa shape index (κ3) is 3.11. The van der Waals surface area contributed by atoms with Gasteiger partial charge >= 0.3 is 0 Å². The Balaban J connectivity index is 1.75. The molecule has 4 heteroatoms. The number of amides is 1. The molecule has 1 aromatic rings. The van der Waals surface area contributed by atoms with Gasteiger partial charge in [0.1, 0.15) is 13.2 Å². The number of carbonyl (C=O) groups excluding carboxylic acids is 1. The largest absolute Gasteiger partial charge is 0.486 e. The Morgan fingerprint density at radius 2 is 2.14 bits per heavy atom. The van der Waals surface area contributed by atoms with Gasteiger partial charge in [-0.15, -0.1) is 0 Å².